The van der Waals surface area contributed by atoms with Crippen LogP contribution in [-0.4, -0.2) is 9.78 Å². The number of nitrogens with zero attached hydrogens (tertiary/aromatic N) is 3. The monoisotopic (exact) mass is 197 g/mol. The van der Waals surface area contributed by atoms with Crippen molar-refractivity contribution in [3.8, 4) is 17.3 Å². The van der Waals surface area contributed by atoms with Crippen molar-refractivity contribution in [1.29, 1.82) is 5.26 Å². The maximum Gasteiger partial charge on any atom is 0.110 e. The molecule has 1 aromatic carbocycles. The van der Waals surface area contributed by atoms with Gasteiger partial charge >= 0.3 is 0 Å². The van der Waals surface area contributed by atoms with Crippen LogP contribution < -0.4 is 0 Å². The fourth-order valence-electron chi connectivity index (χ4n) is 1.47. The highest BCUT2D eigenvalue weighted by atomic mass is 15.3. The first kappa shape index (κ1) is 9.47. The molecular weight excluding hydrogens is 186 g/mol. The first-order valence-corrected chi connectivity index (χ1v) is 4.88. The average molecular weight is 197 g/mol. The number of aryl methyl sites for hydroxylation is 1. The van der Waals surface area contributed by atoms with Gasteiger partial charge in [-0.05, 0) is 6.92 Å². The number of rotatable bonds is 2. The first-order valence-electron chi connectivity index (χ1n) is 4.88. The van der Waals surface area contributed by atoms with Gasteiger partial charge in [0, 0.05) is 18.3 Å². The van der Waals surface area contributed by atoms with Gasteiger partial charge in [0.1, 0.15) is 11.8 Å². The molecule has 0 bridgehead atoms. The number of nitriles is 1. The van der Waals surface area contributed by atoms with Crippen LogP contribution in [0.2, 0.25) is 0 Å². The molecule has 74 valence electrons. The van der Waals surface area contributed by atoms with Crippen LogP contribution >= 0.6 is 0 Å². The molecule has 0 saturated heterocycles. The SMILES string of the molecule is CCn1cc(C#N)c(-c2ccccc2)n1. The Balaban J connectivity index is 2.53. The van der Waals surface area contributed by atoms with Crippen molar-refractivity contribution in [1.82, 2.24) is 9.78 Å². The Morgan fingerprint density at radius 3 is 2.67 bits per heavy atom. The van der Waals surface area contributed by atoms with E-state index in [4.69, 9.17) is 5.26 Å². The van der Waals surface area contributed by atoms with E-state index in [1.54, 1.807) is 10.9 Å². The fraction of sp³-hybridized carbons (Fsp3) is 0.167. The van der Waals surface area contributed by atoms with Crippen molar-refractivity contribution < 1.29 is 0 Å². The van der Waals surface area contributed by atoms with E-state index in [9.17, 15) is 0 Å². The molecule has 0 aliphatic heterocycles. The normalized spacial score (nSPS) is 9.87. The standard InChI is InChI=1S/C12H11N3/c1-2-15-9-11(8-13)12(14-15)10-6-4-3-5-7-10/h3-7,9H,2H2,1H3. The van der Waals surface area contributed by atoms with Gasteiger partial charge in [0.15, 0.2) is 0 Å². The average Bonchev–Trinajstić information content (AvgIpc) is 2.73. The van der Waals surface area contributed by atoms with E-state index in [1.807, 2.05) is 37.3 Å². The Labute approximate surface area is 88.6 Å². The van der Waals surface area contributed by atoms with Crippen LogP contribution in [0.4, 0.5) is 0 Å². The molecule has 0 amide bonds. The zero-order valence-corrected chi connectivity index (χ0v) is 8.51. The lowest BCUT2D eigenvalue weighted by Gasteiger charge is -1.96. The van der Waals surface area contributed by atoms with Gasteiger partial charge in [0.2, 0.25) is 0 Å². The number of aromatic nitrogens is 2. The summed E-state index contributed by atoms with van der Waals surface area (Å²) in [6.45, 7) is 2.78. The maximum atomic E-state index is 8.99. The molecule has 1 heterocycles. The Bertz CT molecular complexity index is 491. The highest BCUT2D eigenvalue weighted by Crippen LogP contribution is 2.20. The summed E-state index contributed by atoms with van der Waals surface area (Å²) in [5.74, 6) is 0. The fourth-order valence-corrected chi connectivity index (χ4v) is 1.47. The van der Waals surface area contributed by atoms with Gasteiger partial charge in [0.25, 0.3) is 0 Å². The molecule has 3 heteroatoms. The summed E-state index contributed by atoms with van der Waals surface area (Å²) >= 11 is 0. The lowest BCUT2D eigenvalue weighted by Crippen LogP contribution is -1.93. The van der Waals surface area contributed by atoms with Crippen LogP contribution in [0.15, 0.2) is 36.5 Å². The molecule has 0 unspecified atom stereocenters. The third-order valence-corrected chi connectivity index (χ3v) is 2.25. The molecule has 3 nitrogen and oxygen atoms in total. The third-order valence-electron chi connectivity index (χ3n) is 2.25. The van der Waals surface area contributed by atoms with Gasteiger partial charge in [-0.1, -0.05) is 30.3 Å². The largest absolute Gasteiger partial charge is 0.271 e. The molecule has 2 aromatic rings. The predicted octanol–water partition coefficient (Wildman–Crippen LogP) is 2.44. The summed E-state index contributed by atoms with van der Waals surface area (Å²) in [4.78, 5) is 0. The molecule has 0 N–H and O–H groups in total. The number of hydrogen-bond donors (Lipinski definition) is 0. The van der Waals surface area contributed by atoms with E-state index >= 15 is 0 Å². The van der Waals surface area contributed by atoms with Crippen molar-refractivity contribution in [2.75, 3.05) is 0 Å². The topological polar surface area (TPSA) is 41.6 Å². The lowest BCUT2D eigenvalue weighted by molar-refractivity contribution is 0.662. The molecule has 0 saturated carbocycles. The molecule has 0 aliphatic carbocycles. The van der Waals surface area contributed by atoms with E-state index in [-0.39, 0.29) is 0 Å². The molecule has 1 aromatic heterocycles. The van der Waals surface area contributed by atoms with Crippen LogP contribution in [-0.2, 0) is 6.54 Å². The van der Waals surface area contributed by atoms with Gasteiger partial charge < -0.3 is 0 Å². The smallest absolute Gasteiger partial charge is 0.110 e. The Morgan fingerprint density at radius 2 is 2.07 bits per heavy atom. The third kappa shape index (κ3) is 1.75. The molecule has 0 radical (unpaired) electrons. The molecule has 2 rings (SSSR count). The van der Waals surface area contributed by atoms with Gasteiger partial charge in [-0.2, -0.15) is 10.4 Å². The van der Waals surface area contributed by atoms with E-state index in [0.717, 1.165) is 17.8 Å². The van der Waals surface area contributed by atoms with Gasteiger partial charge in [-0.15, -0.1) is 0 Å². The van der Waals surface area contributed by atoms with E-state index in [0.29, 0.717) is 5.56 Å². The molecule has 0 spiro atoms. The van der Waals surface area contributed by atoms with E-state index in [2.05, 4.69) is 11.2 Å². The predicted molar refractivity (Wildman–Crippen MR) is 58.1 cm³/mol. The zero-order valence-electron chi connectivity index (χ0n) is 8.51. The quantitative estimate of drug-likeness (QED) is 0.742. The van der Waals surface area contributed by atoms with Gasteiger partial charge in [-0.25, -0.2) is 0 Å². The highest BCUT2D eigenvalue weighted by Gasteiger charge is 2.09. The maximum absolute atomic E-state index is 8.99. The summed E-state index contributed by atoms with van der Waals surface area (Å²) in [5.41, 5.74) is 2.38. The number of hydrogen-bond acceptors (Lipinski definition) is 2. The van der Waals surface area contributed by atoms with E-state index < -0.39 is 0 Å². The van der Waals surface area contributed by atoms with Crippen LogP contribution in [0.3, 0.4) is 0 Å². The van der Waals surface area contributed by atoms with Gasteiger partial charge in [-0.3, -0.25) is 4.68 Å². The van der Waals surface area contributed by atoms with E-state index in [1.165, 1.54) is 0 Å². The summed E-state index contributed by atoms with van der Waals surface area (Å²) in [6, 6.07) is 11.9. The van der Waals surface area contributed by atoms with Crippen molar-refractivity contribution in [3.05, 3.63) is 42.1 Å². The Hall–Kier alpha value is -2.08. The minimum absolute atomic E-state index is 0.628. The highest BCUT2D eigenvalue weighted by molar-refractivity contribution is 5.65. The second-order valence-corrected chi connectivity index (χ2v) is 3.22. The van der Waals surface area contributed by atoms with Crippen molar-refractivity contribution in [3.63, 3.8) is 0 Å². The molecule has 15 heavy (non-hydrogen) atoms. The van der Waals surface area contributed by atoms with Gasteiger partial charge in [0.05, 0.1) is 5.56 Å². The van der Waals surface area contributed by atoms with Crippen molar-refractivity contribution >= 4 is 0 Å². The summed E-state index contributed by atoms with van der Waals surface area (Å²) < 4.78 is 1.78. The Kier molecular flexibility index (Phi) is 2.51. The molecule has 0 atom stereocenters. The molecule has 0 aliphatic rings. The second kappa shape index (κ2) is 3.97. The van der Waals surface area contributed by atoms with Crippen LogP contribution in [0, 0.1) is 11.3 Å². The zero-order chi connectivity index (χ0) is 10.7. The summed E-state index contributed by atoms with van der Waals surface area (Å²) in [7, 11) is 0. The lowest BCUT2D eigenvalue weighted by atomic mass is 10.1. The molecular formula is C12H11N3. The minimum Gasteiger partial charge on any atom is -0.271 e. The van der Waals surface area contributed by atoms with Crippen molar-refractivity contribution in [2.24, 2.45) is 0 Å². The summed E-state index contributed by atoms with van der Waals surface area (Å²) in [6.07, 6.45) is 1.78. The second-order valence-electron chi connectivity index (χ2n) is 3.22. The first-order chi connectivity index (χ1) is 7.35. The minimum atomic E-state index is 0.628. The summed E-state index contributed by atoms with van der Waals surface area (Å²) in [5, 5.41) is 13.3. The van der Waals surface area contributed by atoms with Crippen LogP contribution in [0.5, 0.6) is 0 Å². The molecule has 0 fully saturated rings. The Morgan fingerprint density at radius 1 is 1.33 bits per heavy atom. The number of benzene rings is 1. The van der Waals surface area contributed by atoms with Crippen LogP contribution in [0.25, 0.3) is 11.3 Å². The van der Waals surface area contributed by atoms with Crippen LogP contribution in [0.1, 0.15) is 12.5 Å². The van der Waals surface area contributed by atoms with Crippen molar-refractivity contribution in [2.45, 2.75) is 13.5 Å².